The summed E-state index contributed by atoms with van der Waals surface area (Å²) in [6, 6.07) is 11.9. The molecule has 0 unspecified atom stereocenters. The van der Waals surface area contributed by atoms with Crippen molar-refractivity contribution in [2.75, 3.05) is 0 Å². The van der Waals surface area contributed by atoms with E-state index in [4.69, 9.17) is 0 Å². The van der Waals surface area contributed by atoms with Gasteiger partial charge in [-0.05, 0) is 64.7 Å². The molecule has 0 atom stereocenters. The van der Waals surface area contributed by atoms with Crippen LogP contribution in [0.4, 0.5) is 0 Å². The standard InChI is InChI=1S/C16H12BrNO2S2/c17-14-7-6-11(21-14)9-10(5-8-15(19)20)16-18-12-3-1-2-4-13(12)22-16/h1-4,6-7,9H,5,8H2,(H,19,20)/p-1/b10-9+. The topological polar surface area (TPSA) is 53.0 Å². The van der Waals surface area contributed by atoms with Crippen LogP contribution in [0.25, 0.3) is 21.9 Å². The van der Waals surface area contributed by atoms with E-state index in [-0.39, 0.29) is 6.42 Å². The van der Waals surface area contributed by atoms with Gasteiger partial charge in [0.2, 0.25) is 0 Å². The molecule has 22 heavy (non-hydrogen) atoms. The summed E-state index contributed by atoms with van der Waals surface area (Å²) in [5, 5.41) is 11.7. The molecule has 3 aromatic rings. The van der Waals surface area contributed by atoms with E-state index in [0.29, 0.717) is 6.42 Å². The summed E-state index contributed by atoms with van der Waals surface area (Å²) >= 11 is 6.63. The van der Waals surface area contributed by atoms with Gasteiger partial charge in [-0.2, -0.15) is 0 Å². The number of aliphatic carboxylic acids is 1. The Kier molecular flexibility index (Phi) is 4.71. The monoisotopic (exact) mass is 392 g/mol. The third kappa shape index (κ3) is 3.63. The van der Waals surface area contributed by atoms with Crippen LogP contribution in [0.2, 0.25) is 0 Å². The molecule has 0 aliphatic heterocycles. The van der Waals surface area contributed by atoms with Crippen molar-refractivity contribution in [3.63, 3.8) is 0 Å². The maximum atomic E-state index is 10.8. The lowest BCUT2D eigenvalue weighted by Crippen LogP contribution is -2.21. The van der Waals surface area contributed by atoms with Gasteiger partial charge in [-0.1, -0.05) is 12.1 Å². The lowest BCUT2D eigenvalue weighted by atomic mass is 10.1. The number of rotatable bonds is 5. The number of halogens is 1. The van der Waals surface area contributed by atoms with Gasteiger partial charge < -0.3 is 9.90 Å². The molecule has 1 aromatic carbocycles. The second-order valence-electron chi connectivity index (χ2n) is 4.67. The highest BCUT2D eigenvalue weighted by molar-refractivity contribution is 9.11. The van der Waals surface area contributed by atoms with Gasteiger partial charge in [0.15, 0.2) is 0 Å². The highest BCUT2D eigenvalue weighted by atomic mass is 79.9. The van der Waals surface area contributed by atoms with Crippen LogP contribution in [0.1, 0.15) is 22.7 Å². The number of hydrogen-bond donors (Lipinski definition) is 0. The Morgan fingerprint density at radius 1 is 1.18 bits per heavy atom. The van der Waals surface area contributed by atoms with Crippen molar-refractivity contribution in [3.8, 4) is 0 Å². The molecule has 3 nitrogen and oxygen atoms in total. The fraction of sp³-hybridized carbons (Fsp3) is 0.125. The number of para-hydroxylation sites is 1. The summed E-state index contributed by atoms with van der Waals surface area (Å²) < 4.78 is 2.14. The summed E-state index contributed by atoms with van der Waals surface area (Å²) in [5.41, 5.74) is 1.87. The van der Waals surface area contributed by atoms with Crippen molar-refractivity contribution in [1.29, 1.82) is 0 Å². The number of fused-ring (bicyclic) bond motifs is 1. The van der Waals surface area contributed by atoms with Crippen LogP contribution in [-0.2, 0) is 4.79 Å². The predicted octanol–water partition coefficient (Wildman–Crippen LogP) is 4.19. The predicted molar refractivity (Wildman–Crippen MR) is 93.8 cm³/mol. The zero-order chi connectivity index (χ0) is 15.5. The molecule has 0 N–H and O–H groups in total. The maximum Gasteiger partial charge on any atom is 0.120 e. The Bertz CT molecular complexity index is 818. The number of carbonyl (C=O) groups is 1. The molecule has 0 amide bonds. The third-order valence-electron chi connectivity index (χ3n) is 3.08. The first-order chi connectivity index (χ1) is 10.6. The first-order valence-electron chi connectivity index (χ1n) is 6.63. The van der Waals surface area contributed by atoms with Crippen molar-refractivity contribution in [3.05, 3.63) is 50.1 Å². The zero-order valence-electron chi connectivity index (χ0n) is 11.4. The molecule has 3 rings (SSSR count). The number of carbonyl (C=O) groups excluding carboxylic acids is 1. The van der Waals surface area contributed by atoms with E-state index in [0.717, 1.165) is 29.5 Å². The SMILES string of the molecule is O=C([O-])CC/C(=C\c1ccc(Br)s1)c1nc2ccccc2s1. The van der Waals surface area contributed by atoms with Crippen molar-refractivity contribution in [2.45, 2.75) is 12.8 Å². The first-order valence-corrected chi connectivity index (χ1v) is 9.06. The van der Waals surface area contributed by atoms with E-state index in [1.54, 1.807) is 22.7 Å². The van der Waals surface area contributed by atoms with E-state index >= 15 is 0 Å². The van der Waals surface area contributed by atoms with Crippen molar-refractivity contribution < 1.29 is 9.90 Å². The normalized spacial score (nSPS) is 12.0. The summed E-state index contributed by atoms with van der Waals surface area (Å²) in [7, 11) is 0. The molecule has 0 radical (unpaired) electrons. The minimum Gasteiger partial charge on any atom is -0.550 e. The number of aromatic nitrogens is 1. The molecule has 2 heterocycles. The highest BCUT2D eigenvalue weighted by Crippen LogP contribution is 2.32. The maximum absolute atomic E-state index is 10.8. The summed E-state index contributed by atoms with van der Waals surface area (Å²) in [6.45, 7) is 0. The van der Waals surface area contributed by atoms with E-state index in [9.17, 15) is 9.90 Å². The molecule has 0 aliphatic carbocycles. The Morgan fingerprint density at radius 2 is 2.00 bits per heavy atom. The second-order valence-corrected chi connectivity index (χ2v) is 8.20. The fourth-order valence-corrected chi connectivity index (χ4v) is 4.47. The Labute approximate surface area is 144 Å². The number of thiophene rings is 1. The van der Waals surface area contributed by atoms with Crippen LogP contribution >= 0.6 is 38.6 Å². The van der Waals surface area contributed by atoms with Gasteiger partial charge in [-0.25, -0.2) is 4.98 Å². The minimum absolute atomic E-state index is 0.00565. The Morgan fingerprint density at radius 3 is 2.68 bits per heavy atom. The second kappa shape index (κ2) is 6.73. The van der Waals surface area contributed by atoms with Crippen LogP contribution in [0.5, 0.6) is 0 Å². The van der Waals surface area contributed by atoms with E-state index < -0.39 is 5.97 Å². The zero-order valence-corrected chi connectivity index (χ0v) is 14.6. The van der Waals surface area contributed by atoms with E-state index in [1.165, 1.54) is 0 Å². The van der Waals surface area contributed by atoms with Gasteiger partial charge in [0.1, 0.15) is 5.01 Å². The van der Waals surface area contributed by atoms with Gasteiger partial charge in [0, 0.05) is 10.8 Å². The van der Waals surface area contributed by atoms with Crippen LogP contribution in [0, 0.1) is 0 Å². The quantitative estimate of drug-likeness (QED) is 0.653. The van der Waals surface area contributed by atoms with Crippen molar-refractivity contribution >= 4 is 66.4 Å². The Hall–Kier alpha value is -1.50. The molecule has 0 saturated heterocycles. The molecule has 0 saturated carbocycles. The lowest BCUT2D eigenvalue weighted by Gasteiger charge is -2.05. The summed E-state index contributed by atoms with van der Waals surface area (Å²) in [5.74, 6) is -1.04. The minimum atomic E-state index is -1.04. The lowest BCUT2D eigenvalue weighted by molar-refractivity contribution is -0.305. The van der Waals surface area contributed by atoms with Crippen LogP contribution in [0.3, 0.4) is 0 Å². The van der Waals surface area contributed by atoms with Gasteiger partial charge in [0.25, 0.3) is 0 Å². The molecule has 112 valence electrons. The Balaban J connectivity index is 1.99. The van der Waals surface area contributed by atoms with E-state index in [1.807, 2.05) is 42.5 Å². The molecule has 0 spiro atoms. The first kappa shape index (κ1) is 15.4. The van der Waals surface area contributed by atoms with Crippen LogP contribution in [0.15, 0.2) is 40.2 Å². The number of thiazole rings is 1. The number of hydrogen-bond acceptors (Lipinski definition) is 5. The average Bonchev–Trinajstić information content (AvgIpc) is 3.09. The molecule has 6 heteroatoms. The molecule has 0 aliphatic rings. The average molecular weight is 393 g/mol. The van der Waals surface area contributed by atoms with Crippen LogP contribution in [-0.4, -0.2) is 11.0 Å². The fourth-order valence-electron chi connectivity index (χ4n) is 2.06. The van der Waals surface area contributed by atoms with Gasteiger partial charge in [-0.15, -0.1) is 22.7 Å². The molecule has 0 bridgehead atoms. The summed E-state index contributed by atoms with van der Waals surface area (Å²) in [6.07, 6.45) is 2.42. The molecule has 0 fully saturated rings. The third-order valence-corrected chi connectivity index (χ3v) is 5.76. The number of carboxylic acids is 1. The van der Waals surface area contributed by atoms with Crippen molar-refractivity contribution in [2.24, 2.45) is 0 Å². The van der Waals surface area contributed by atoms with Gasteiger partial charge in [-0.3, -0.25) is 0 Å². The summed E-state index contributed by atoms with van der Waals surface area (Å²) in [4.78, 5) is 16.5. The van der Waals surface area contributed by atoms with E-state index in [2.05, 4.69) is 20.9 Å². The number of benzene rings is 1. The smallest absolute Gasteiger partial charge is 0.120 e. The van der Waals surface area contributed by atoms with Gasteiger partial charge in [0.05, 0.1) is 14.0 Å². The molecular weight excluding hydrogens is 382 g/mol. The van der Waals surface area contributed by atoms with Crippen LogP contribution < -0.4 is 5.11 Å². The number of carboxylic acid groups (broad SMARTS) is 1. The van der Waals surface area contributed by atoms with Crippen molar-refractivity contribution in [1.82, 2.24) is 4.98 Å². The highest BCUT2D eigenvalue weighted by Gasteiger charge is 2.10. The number of nitrogens with zero attached hydrogens (tertiary/aromatic N) is 1. The molecular formula is C16H11BrNO2S2-. The van der Waals surface area contributed by atoms with Gasteiger partial charge >= 0.3 is 0 Å². The largest absolute Gasteiger partial charge is 0.550 e. The molecule has 2 aromatic heterocycles. The number of allylic oxidation sites excluding steroid dienone is 1.